The van der Waals surface area contributed by atoms with Crippen LogP contribution in [0, 0.1) is 37.1 Å². The molecule has 0 aliphatic heterocycles. The van der Waals surface area contributed by atoms with Crippen LogP contribution in [0.15, 0.2) is 40.1 Å². The molecule has 0 aliphatic carbocycles. The van der Waals surface area contributed by atoms with Crippen molar-refractivity contribution in [3.63, 3.8) is 0 Å². The molecule has 4 aromatic rings. The van der Waals surface area contributed by atoms with E-state index < -0.39 is 23.3 Å². The maximum atomic E-state index is 13.9. The molecule has 0 unspecified atom stereocenters. The summed E-state index contributed by atoms with van der Waals surface area (Å²) in [4.78, 5) is 20.9. The van der Waals surface area contributed by atoms with Crippen LogP contribution in [0.2, 0.25) is 0 Å². The van der Waals surface area contributed by atoms with E-state index in [1.54, 1.807) is 30.4 Å². The number of carbonyl (C=O) groups is 1. The van der Waals surface area contributed by atoms with E-state index in [0.717, 1.165) is 21.4 Å². The van der Waals surface area contributed by atoms with E-state index in [4.69, 9.17) is 11.3 Å². The second-order valence-corrected chi connectivity index (χ2v) is 11.4. The molecular weight excluding hydrogens is 616 g/mol. The van der Waals surface area contributed by atoms with Crippen molar-refractivity contribution in [1.82, 2.24) is 9.97 Å². The molecule has 14 heteroatoms. The second kappa shape index (κ2) is 18.7. The fourth-order valence-electron chi connectivity index (χ4n) is 3.81. The molecule has 0 atom stereocenters. The Kier molecular flexibility index (Phi) is 15.5. The number of hydrogen-bond acceptors (Lipinski definition) is 8. The lowest BCUT2D eigenvalue weighted by Crippen LogP contribution is -2.05. The van der Waals surface area contributed by atoms with E-state index >= 15 is 0 Å². The second-order valence-electron chi connectivity index (χ2n) is 9.26. The van der Waals surface area contributed by atoms with Gasteiger partial charge in [-0.1, -0.05) is 29.4 Å². The average molecular weight is 651 g/mol. The first-order valence-electron chi connectivity index (χ1n) is 13.6. The Morgan fingerprint density at radius 2 is 1.27 bits per heavy atom. The number of nitrogens with two attached hydrogens (primary N) is 1. The zero-order valence-corrected chi connectivity index (χ0v) is 26.5. The number of esters is 1. The molecule has 0 aliphatic rings. The molecule has 236 valence electrons. The highest BCUT2D eigenvalue weighted by Gasteiger charge is 2.14. The number of carbonyl (C=O) groups excluding carboxylic acids is 1. The molecule has 2 heterocycles. The van der Waals surface area contributed by atoms with Crippen molar-refractivity contribution in [1.29, 1.82) is 0 Å². The van der Waals surface area contributed by atoms with Crippen molar-refractivity contribution in [2.45, 2.75) is 66.5 Å². The SMILES string of the molecule is CCOC(C)=O.Cc1nc(CCc2ccc(CN)c(F)c2F)cs1.Cc1nc(CCc2ccc(CN=[N+]=[N-])c(F)c2F)cs1. The van der Waals surface area contributed by atoms with Crippen LogP contribution in [0.25, 0.3) is 10.4 Å². The molecule has 2 N–H and O–H groups in total. The Bertz CT molecular complexity index is 1570. The van der Waals surface area contributed by atoms with Crippen LogP contribution >= 0.6 is 22.7 Å². The Hall–Kier alpha value is -3.84. The van der Waals surface area contributed by atoms with Gasteiger partial charge in [-0.3, -0.25) is 4.79 Å². The topological polar surface area (TPSA) is 127 Å². The van der Waals surface area contributed by atoms with E-state index in [2.05, 4.69) is 24.7 Å². The van der Waals surface area contributed by atoms with Crippen LogP contribution in [0.1, 0.15) is 57.5 Å². The monoisotopic (exact) mass is 650 g/mol. The Morgan fingerprint density at radius 3 is 1.64 bits per heavy atom. The number of azide groups is 1. The van der Waals surface area contributed by atoms with Gasteiger partial charge in [-0.15, -0.1) is 22.7 Å². The highest BCUT2D eigenvalue weighted by atomic mass is 32.1. The molecule has 0 amide bonds. The van der Waals surface area contributed by atoms with Gasteiger partial charge in [-0.05, 0) is 68.7 Å². The first kappa shape index (κ1) is 36.4. The van der Waals surface area contributed by atoms with E-state index in [-0.39, 0.29) is 30.2 Å². The van der Waals surface area contributed by atoms with Gasteiger partial charge in [0.05, 0.1) is 34.6 Å². The van der Waals surface area contributed by atoms with E-state index in [1.165, 1.54) is 30.4 Å². The van der Waals surface area contributed by atoms with Gasteiger partial charge in [0.25, 0.3) is 0 Å². The molecule has 0 saturated carbocycles. The predicted octanol–water partition coefficient (Wildman–Crippen LogP) is 7.87. The molecule has 4 rings (SSSR count). The third kappa shape index (κ3) is 11.7. The predicted molar refractivity (Wildman–Crippen MR) is 164 cm³/mol. The maximum Gasteiger partial charge on any atom is 0.302 e. The lowest BCUT2D eigenvalue weighted by atomic mass is 10.0. The lowest BCUT2D eigenvalue weighted by molar-refractivity contribution is -0.140. The van der Waals surface area contributed by atoms with Crippen molar-refractivity contribution < 1.29 is 27.1 Å². The summed E-state index contributed by atoms with van der Waals surface area (Å²) in [5, 5.41) is 9.03. The number of ether oxygens (including phenoxy) is 1. The summed E-state index contributed by atoms with van der Waals surface area (Å²) in [5.41, 5.74) is 16.3. The first-order valence-corrected chi connectivity index (χ1v) is 15.3. The highest BCUT2D eigenvalue weighted by molar-refractivity contribution is 7.09. The summed E-state index contributed by atoms with van der Waals surface area (Å²) >= 11 is 3.09. The fraction of sp³-hybridized carbons (Fsp3) is 0.367. The van der Waals surface area contributed by atoms with Crippen LogP contribution in [-0.4, -0.2) is 22.5 Å². The molecule has 0 bridgehead atoms. The minimum atomic E-state index is -0.940. The minimum absolute atomic E-state index is 0.00825. The van der Waals surface area contributed by atoms with Crippen LogP contribution in [0.5, 0.6) is 0 Å². The van der Waals surface area contributed by atoms with Gasteiger partial charge >= 0.3 is 5.97 Å². The number of thiazole rings is 2. The molecule has 0 saturated heterocycles. The van der Waals surface area contributed by atoms with E-state index in [9.17, 15) is 22.4 Å². The molecule has 8 nitrogen and oxygen atoms in total. The van der Waals surface area contributed by atoms with Crippen molar-refractivity contribution in [2.75, 3.05) is 6.61 Å². The van der Waals surface area contributed by atoms with Gasteiger partial charge < -0.3 is 10.5 Å². The van der Waals surface area contributed by atoms with Crippen LogP contribution in [-0.2, 0) is 48.3 Å². The number of nitrogens with zero attached hydrogens (tertiary/aromatic N) is 5. The number of aromatic nitrogens is 2. The molecule has 2 aromatic carbocycles. The summed E-state index contributed by atoms with van der Waals surface area (Å²) in [6.07, 6.45) is 2.00. The van der Waals surface area contributed by atoms with Gasteiger partial charge in [0, 0.05) is 34.7 Å². The van der Waals surface area contributed by atoms with Gasteiger partial charge in [0.1, 0.15) is 0 Å². The summed E-state index contributed by atoms with van der Waals surface area (Å²) in [6.45, 7) is 7.29. The number of hydrogen-bond donors (Lipinski definition) is 1. The Labute approximate surface area is 261 Å². The highest BCUT2D eigenvalue weighted by Crippen LogP contribution is 2.20. The number of halogens is 4. The molecular formula is C30H34F4N6O2S2. The average Bonchev–Trinajstić information content (AvgIpc) is 3.61. The van der Waals surface area contributed by atoms with Crippen LogP contribution in [0.3, 0.4) is 0 Å². The van der Waals surface area contributed by atoms with Crippen molar-refractivity contribution in [2.24, 2.45) is 10.8 Å². The van der Waals surface area contributed by atoms with Crippen molar-refractivity contribution in [3.05, 3.63) is 112 Å². The Balaban J connectivity index is 0.000000261. The van der Waals surface area contributed by atoms with Gasteiger partial charge in [-0.2, -0.15) is 0 Å². The van der Waals surface area contributed by atoms with E-state index in [0.29, 0.717) is 43.4 Å². The zero-order valence-electron chi connectivity index (χ0n) is 24.9. The smallest absolute Gasteiger partial charge is 0.302 e. The molecule has 0 radical (unpaired) electrons. The summed E-state index contributed by atoms with van der Waals surface area (Å²) in [5.74, 6) is -3.64. The molecule has 0 fully saturated rings. The molecule has 0 spiro atoms. The van der Waals surface area contributed by atoms with Gasteiger partial charge in [-0.25, -0.2) is 27.5 Å². The third-order valence-corrected chi connectivity index (χ3v) is 7.64. The van der Waals surface area contributed by atoms with Gasteiger partial charge in [0.15, 0.2) is 23.3 Å². The van der Waals surface area contributed by atoms with Gasteiger partial charge in [0.2, 0.25) is 0 Å². The standard InChI is InChI=1S/C13H12F2N4S.C13H14F2N2S.C4H8O2/c1-8-18-11(7-20-8)5-4-9-2-3-10(6-17-19-16)13(15)12(9)14;1-8-17-11(7-18-8)5-4-9-2-3-10(6-16)13(15)12(9)14;1-3-6-4(2)5/h2-3,7H,4-6H2,1H3;2-3,7H,4-6,16H2,1H3;3H2,1-2H3. The number of benzene rings is 2. The normalized spacial score (nSPS) is 10.2. The van der Waals surface area contributed by atoms with Crippen LogP contribution < -0.4 is 5.73 Å². The zero-order chi connectivity index (χ0) is 32.6. The fourth-order valence-corrected chi connectivity index (χ4v) is 5.10. The molecule has 44 heavy (non-hydrogen) atoms. The Morgan fingerprint density at radius 1 is 0.841 bits per heavy atom. The summed E-state index contributed by atoms with van der Waals surface area (Å²) in [7, 11) is 0. The van der Waals surface area contributed by atoms with Crippen LogP contribution in [0.4, 0.5) is 17.6 Å². The van der Waals surface area contributed by atoms with Crippen molar-refractivity contribution >= 4 is 28.6 Å². The first-order chi connectivity index (χ1) is 21.0. The van der Waals surface area contributed by atoms with Crippen molar-refractivity contribution in [3.8, 4) is 0 Å². The lowest BCUT2D eigenvalue weighted by Gasteiger charge is -2.06. The van der Waals surface area contributed by atoms with E-state index in [1.807, 2.05) is 24.6 Å². The largest absolute Gasteiger partial charge is 0.466 e. The summed E-state index contributed by atoms with van der Waals surface area (Å²) < 4.78 is 59.2. The maximum absolute atomic E-state index is 13.9. The third-order valence-electron chi connectivity index (χ3n) is 5.99. The number of aryl methyl sites for hydroxylation is 6. The molecule has 2 aromatic heterocycles. The minimum Gasteiger partial charge on any atom is -0.466 e. The quantitative estimate of drug-likeness (QED) is 0.0615. The summed E-state index contributed by atoms with van der Waals surface area (Å²) in [6, 6.07) is 6.12. The number of rotatable bonds is 10.